The number of nitrogens with zero attached hydrogens (tertiary/aromatic N) is 1. The number of nitrogens with one attached hydrogen (secondary N) is 1. The van der Waals surface area contributed by atoms with Crippen molar-refractivity contribution in [2.45, 2.75) is 31.4 Å². The molecule has 1 amide bonds. The van der Waals surface area contributed by atoms with Crippen molar-refractivity contribution in [3.8, 4) is 5.88 Å². The van der Waals surface area contributed by atoms with Crippen molar-refractivity contribution in [2.75, 3.05) is 19.1 Å². The van der Waals surface area contributed by atoms with Crippen LogP contribution in [0.5, 0.6) is 5.88 Å². The average Bonchev–Trinajstić information content (AvgIpc) is 2.48. The van der Waals surface area contributed by atoms with Crippen molar-refractivity contribution < 1.29 is 14.6 Å². The molecule has 0 spiro atoms. The van der Waals surface area contributed by atoms with Gasteiger partial charge >= 0.3 is 0 Å². The summed E-state index contributed by atoms with van der Waals surface area (Å²) in [7, 11) is 1.58. The molecule has 1 aromatic heterocycles. The highest BCUT2D eigenvalue weighted by Gasteiger charge is 2.35. The summed E-state index contributed by atoms with van der Waals surface area (Å²) in [5.74, 6) is 1.69. The van der Waals surface area contributed by atoms with Crippen molar-refractivity contribution in [2.24, 2.45) is 5.92 Å². The topological polar surface area (TPSA) is 71.5 Å². The zero-order chi connectivity index (χ0) is 15.2. The number of ether oxygens (including phenoxy) is 1. The maximum atomic E-state index is 12.0. The number of carbonyl (C=O) groups excluding carboxylic acids is 1. The summed E-state index contributed by atoms with van der Waals surface area (Å²) in [6.45, 7) is 0. The molecule has 5 nitrogen and oxygen atoms in total. The lowest BCUT2D eigenvalue weighted by molar-refractivity contribution is -0.122. The van der Waals surface area contributed by atoms with Crippen LogP contribution in [-0.4, -0.2) is 41.2 Å². The lowest BCUT2D eigenvalue weighted by Crippen LogP contribution is -2.41. The van der Waals surface area contributed by atoms with Gasteiger partial charge in [-0.15, -0.1) is 0 Å². The first-order valence-electron chi connectivity index (χ1n) is 7.10. The minimum absolute atomic E-state index is 0.0477. The molecule has 1 saturated carbocycles. The van der Waals surface area contributed by atoms with Gasteiger partial charge in [-0.3, -0.25) is 4.79 Å². The number of rotatable bonds is 7. The molecule has 1 aromatic rings. The van der Waals surface area contributed by atoms with Gasteiger partial charge in [0.1, 0.15) is 0 Å². The van der Waals surface area contributed by atoms with Gasteiger partial charge in [0.2, 0.25) is 11.8 Å². The second-order valence-corrected chi connectivity index (χ2v) is 6.29. The summed E-state index contributed by atoms with van der Waals surface area (Å²) in [4.78, 5) is 16.2. The molecular weight excluding hydrogens is 288 g/mol. The number of hydrogen-bond donors (Lipinski definition) is 2. The number of amides is 1. The predicted molar refractivity (Wildman–Crippen MR) is 83.4 cm³/mol. The molecule has 0 unspecified atom stereocenters. The quantitative estimate of drug-likeness (QED) is 0.803. The van der Waals surface area contributed by atoms with E-state index in [-0.39, 0.29) is 24.0 Å². The van der Waals surface area contributed by atoms with Crippen LogP contribution in [0.15, 0.2) is 18.3 Å². The van der Waals surface area contributed by atoms with Crippen molar-refractivity contribution in [1.82, 2.24) is 10.3 Å². The second kappa shape index (κ2) is 7.66. The van der Waals surface area contributed by atoms with Gasteiger partial charge < -0.3 is 15.2 Å². The second-order valence-electron chi connectivity index (χ2n) is 5.31. The van der Waals surface area contributed by atoms with Crippen molar-refractivity contribution in [1.29, 1.82) is 0 Å². The smallest absolute Gasteiger partial charge is 0.221 e. The molecular formula is C15H22N2O3S. The summed E-state index contributed by atoms with van der Waals surface area (Å²) >= 11 is 1.66. The van der Waals surface area contributed by atoms with Crippen LogP contribution in [0.3, 0.4) is 0 Å². The Balaban J connectivity index is 2.05. The predicted octanol–water partition coefficient (Wildman–Crippen LogP) is 1.77. The van der Waals surface area contributed by atoms with E-state index in [9.17, 15) is 9.90 Å². The number of thioether (sulfide) groups is 1. The highest BCUT2D eigenvalue weighted by Crippen LogP contribution is 2.38. The zero-order valence-corrected chi connectivity index (χ0v) is 13.2. The number of methoxy groups -OCH3 is 1. The lowest BCUT2D eigenvalue weighted by atomic mass is 9.75. The number of hydrogen-bond acceptors (Lipinski definition) is 5. The summed E-state index contributed by atoms with van der Waals surface area (Å²) < 4.78 is 5.06. The van der Waals surface area contributed by atoms with Crippen LogP contribution in [0.25, 0.3) is 0 Å². The first-order chi connectivity index (χ1) is 10.1. The van der Waals surface area contributed by atoms with Crippen molar-refractivity contribution >= 4 is 17.7 Å². The number of aliphatic hydroxyl groups excluding tert-OH is 1. The molecule has 1 fully saturated rings. The third kappa shape index (κ3) is 4.35. The van der Waals surface area contributed by atoms with Crippen LogP contribution in [-0.2, 0) is 4.79 Å². The number of pyridine rings is 1. The number of carbonyl (C=O) groups is 1. The van der Waals surface area contributed by atoms with Crippen LogP contribution in [0.2, 0.25) is 0 Å². The Morgan fingerprint density at radius 1 is 1.57 bits per heavy atom. The van der Waals surface area contributed by atoms with E-state index in [1.807, 2.05) is 12.3 Å². The van der Waals surface area contributed by atoms with Gasteiger partial charge in [-0.2, -0.15) is 11.8 Å². The molecule has 21 heavy (non-hydrogen) atoms. The largest absolute Gasteiger partial charge is 0.481 e. The van der Waals surface area contributed by atoms with Crippen LogP contribution < -0.4 is 10.1 Å². The lowest BCUT2D eigenvalue weighted by Gasteiger charge is -2.38. The first kappa shape index (κ1) is 16.1. The maximum absolute atomic E-state index is 12.0. The van der Waals surface area contributed by atoms with E-state index in [2.05, 4.69) is 10.3 Å². The van der Waals surface area contributed by atoms with E-state index in [1.54, 1.807) is 31.1 Å². The van der Waals surface area contributed by atoms with Crippen LogP contribution in [0, 0.1) is 5.92 Å². The summed E-state index contributed by atoms with van der Waals surface area (Å²) in [6, 6.07) is 3.64. The Morgan fingerprint density at radius 3 is 2.86 bits per heavy atom. The van der Waals surface area contributed by atoms with E-state index in [0.29, 0.717) is 12.3 Å². The van der Waals surface area contributed by atoms with Gasteiger partial charge in [0, 0.05) is 24.4 Å². The molecule has 0 radical (unpaired) electrons. The summed E-state index contributed by atoms with van der Waals surface area (Å²) in [5, 5.41) is 12.6. The Morgan fingerprint density at radius 2 is 2.33 bits per heavy atom. The van der Waals surface area contributed by atoms with Gasteiger partial charge in [0.25, 0.3) is 0 Å². The highest BCUT2D eigenvalue weighted by atomic mass is 32.2. The van der Waals surface area contributed by atoms with E-state index >= 15 is 0 Å². The summed E-state index contributed by atoms with van der Waals surface area (Å²) in [6.07, 6.45) is 5.44. The molecule has 0 bridgehead atoms. The molecule has 1 heterocycles. The minimum Gasteiger partial charge on any atom is -0.481 e. The SMILES string of the molecule is COc1ccc([C@H](NC(=O)CCSC)C2CC(O)C2)cn1. The molecule has 2 N–H and O–H groups in total. The molecule has 6 heteroatoms. The van der Waals surface area contributed by atoms with Crippen LogP contribution >= 0.6 is 11.8 Å². The Bertz CT molecular complexity index is 460. The average molecular weight is 310 g/mol. The van der Waals surface area contributed by atoms with Crippen LogP contribution in [0.4, 0.5) is 0 Å². The van der Waals surface area contributed by atoms with Gasteiger partial charge in [-0.1, -0.05) is 6.07 Å². The monoisotopic (exact) mass is 310 g/mol. The molecule has 1 aliphatic rings. The fourth-order valence-corrected chi connectivity index (χ4v) is 2.90. The normalized spacial score (nSPS) is 22.2. The van der Waals surface area contributed by atoms with Crippen LogP contribution in [0.1, 0.15) is 30.9 Å². The Labute approximate surface area is 129 Å². The summed E-state index contributed by atoms with van der Waals surface area (Å²) in [5.41, 5.74) is 0.963. The van der Waals surface area contributed by atoms with Gasteiger partial charge in [-0.05, 0) is 30.6 Å². The third-order valence-corrected chi connectivity index (χ3v) is 4.41. The molecule has 1 atom stereocenters. The van der Waals surface area contributed by atoms with Crippen molar-refractivity contribution in [3.05, 3.63) is 23.9 Å². The molecule has 1 aliphatic carbocycles. The number of aromatic nitrogens is 1. The van der Waals surface area contributed by atoms with Gasteiger partial charge in [0.15, 0.2) is 0 Å². The van der Waals surface area contributed by atoms with E-state index < -0.39 is 0 Å². The van der Waals surface area contributed by atoms with E-state index in [1.165, 1.54) is 0 Å². The highest BCUT2D eigenvalue weighted by molar-refractivity contribution is 7.98. The maximum Gasteiger partial charge on any atom is 0.221 e. The third-order valence-electron chi connectivity index (χ3n) is 3.80. The standard InChI is InChI=1S/C15H22N2O3S/c1-20-14-4-3-10(9-16-14)15(11-7-12(18)8-11)17-13(19)5-6-21-2/h3-4,9,11-12,15,18H,5-8H2,1-2H3,(H,17,19)/t11?,12?,15-/m0/s1. The van der Waals surface area contributed by atoms with Gasteiger partial charge in [0.05, 0.1) is 19.3 Å². The molecule has 0 aromatic carbocycles. The molecule has 0 aliphatic heterocycles. The van der Waals surface area contributed by atoms with E-state index in [4.69, 9.17) is 4.74 Å². The fraction of sp³-hybridized carbons (Fsp3) is 0.600. The number of aliphatic hydroxyl groups is 1. The molecule has 0 saturated heterocycles. The minimum atomic E-state index is -0.244. The molecule has 116 valence electrons. The Hall–Kier alpha value is -1.27. The fourth-order valence-electron chi connectivity index (χ4n) is 2.51. The Kier molecular flexibility index (Phi) is 5.87. The first-order valence-corrected chi connectivity index (χ1v) is 8.49. The van der Waals surface area contributed by atoms with Crippen molar-refractivity contribution in [3.63, 3.8) is 0 Å². The van der Waals surface area contributed by atoms with E-state index in [0.717, 1.165) is 24.2 Å². The van der Waals surface area contributed by atoms with Gasteiger partial charge in [-0.25, -0.2) is 4.98 Å². The molecule has 2 rings (SSSR count). The zero-order valence-electron chi connectivity index (χ0n) is 12.4.